The maximum atomic E-state index is 13.4. The van der Waals surface area contributed by atoms with Gasteiger partial charge in [-0.25, -0.2) is 8.78 Å². The zero-order valence-corrected chi connectivity index (χ0v) is 7.32. The van der Waals surface area contributed by atoms with Gasteiger partial charge in [-0.05, 0) is 30.1 Å². The summed E-state index contributed by atoms with van der Waals surface area (Å²) in [7, 11) is 0. The fourth-order valence-corrected chi connectivity index (χ4v) is 2.27. The highest BCUT2D eigenvalue weighted by atomic mass is 19.3. The molecule has 2 heteroatoms. The van der Waals surface area contributed by atoms with Crippen LogP contribution in [0.15, 0.2) is 23.3 Å². The lowest BCUT2D eigenvalue weighted by Crippen LogP contribution is -2.35. The number of hydrogen-bond acceptors (Lipinski definition) is 0. The van der Waals surface area contributed by atoms with Crippen molar-refractivity contribution in [3.8, 4) is 0 Å². The zero-order chi connectivity index (χ0) is 8.98. The second-order valence-corrected chi connectivity index (χ2v) is 3.57. The lowest BCUT2D eigenvalue weighted by atomic mass is 9.76. The molecule has 2 aliphatic carbocycles. The van der Waals surface area contributed by atoms with Crippen molar-refractivity contribution in [2.24, 2.45) is 5.41 Å². The summed E-state index contributed by atoms with van der Waals surface area (Å²) in [6, 6.07) is 0. The van der Waals surface area contributed by atoms with Gasteiger partial charge in [-0.1, -0.05) is 19.9 Å². The highest BCUT2D eigenvalue weighted by Crippen LogP contribution is 2.62. The normalized spacial score (nSPS) is 27.7. The number of rotatable bonds is 2. The van der Waals surface area contributed by atoms with E-state index in [0.717, 1.165) is 17.2 Å². The molecule has 12 heavy (non-hydrogen) atoms. The van der Waals surface area contributed by atoms with Gasteiger partial charge in [-0.2, -0.15) is 0 Å². The summed E-state index contributed by atoms with van der Waals surface area (Å²) in [5.41, 5.74) is 0.837. The molecule has 0 aromatic rings. The summed E-state index contributed by atoms with van der Waals surface area (Å²) in [5, 5.41) is 0. The van der Waals surface area contributed by atoms with E-state index in [1.54, 1.807) is 0 Å². The predicted octanol–water partition coefficient (Wildman–Crippen LogP) is 3.31. The molecule has 0 aromatic heterocycles. The van der Waals surface area contributed by atoms with Crippen LogP contribution in [0.1, 0.15) is 26.7 Å². The van der Waals surface area contributed by atoms with Crippen molar-refractivity contribution in [3.63, 3.8) is 0 Å². The van der Waals surface area contributed by atoms with Crippen LogP contribution in [0, 0.1) is 5.41 Å². The molecule has 0 aromatic carbocycles. The van der Waals surface area contributed by atoms with E-state index < -0.39 is 11.3 Å². The summed E-state index contributed by atoms with van der Waals surface area (Å²) < 4.78 is 26.9. The average molecular weight is 170 g/mol. The predicted molar refractivity (Wildman–Crippen MR) is 44.1 cm³/mol. The third-order valence-corrected chi connectivity index (χ3v) is 3.23. The van der Waals surface area contributed by atoms with Crippen molar-refractivity contribution in [2.45, 2.75) is 32.6 Å². The third kappa shape index (κ3) is 0.661. The van der Waals surface area contributed by atoms with Crippen LogP contribution in [-0.2, 0) is 0 Å². The van der Waals surface area contributed by atoms with Gasteiger partial charge in [0.2, 0.25) is 0 Å². The minimum absolute atomic E-state index is 0.530. The van der Waals surface area contributed by atoms with Gasteiger partial charge < -0.3 is 0 Å². The Hall–Kier alpha value is -0.660. The van der Waals surface area contributed by atoms with Crippen LogP contribution in [0.5, 0.6) is 0 Å². The van der Waals surface area contributed by atoms with Gasteiger partial charge in [0, 0.05) is 0 Å². The monoisotopic (exact) mass is 170 g/mol. The topological polar surface area (TPSA) is 0 Å². The molecule has 0 heterocycles. The molecular formula is C10H12F2. The van der Waals surface area contributed by atoms with Crippen LogP contribution in [0.25, 0.3) is 0 Å². The number of halogens is 2. The molecule has 0 aliphatic heterocycles. The minimum Gasteiger partial charge on any atom is -0.201 e. The van der Waals surface area contributed by atoms with Crippen molar-refractivity contribution in [1.29, 1.82) is 0 Å². The minimum atomic E-state index is -2.60. The molecule has 0 unspecified atom stereocenters. The van der Waals surface area contributed by atoms with Gasteiger partial charge in [0.15, 0.2) is 0 Å². The largest absolute Gasteiger partial charge is 0.276 e. The van der Waals surface area contributed by atoms with Gasteiger partial charge in [0.05, 0.1) is 5.41 Å². The number of allylic oxidation sites excluding steroid dienone is 4. The Bertz CT molecular complexity index is 280. The molecule has 0 saturated carbocycles. The van der Waals surface area contributed by atoms with Crippen molar-refractivity contribution in [3.05, 3.63) is 23.3 Å². The molecule has 0 N–H and O–H groups in total. The molecule has 0 saturated heterocycles. The summed E-state index contributed by atoms with van der Waals surface area (Å²) in [6.07, 6.45) is 4.06. The Morgan fingerprint density at radius 3 is 2.08 bits per heavy atom. The lowest BCUT2D eigenvalue weighted by Gasteiger charge is -2.32. The van der Waals surface area contributed by atoms with Crippen molar-refractivity contribution >= 4 is 0 Å². The van der Waals surface area contributed by atoms with Gasteiger partial charge >= 0.3 is 0 Å². The van der Waals surface area contributed by atoms with E-state index in [2.05, 4.69) is 0 Å². The van der Waals surface area contributed by atoms with Gasteiger partial charge in [0.1, 0.15) is 0 Å². The van der Waals surface area contributed by atoms with Gasteiger partial charge in [-0.3, -0.25) is 0 Å². The molecule has 0 bridgehead atoms. The van der Waals surface area contributed by atoms with Crippen molar-refractivity contribution in [1.82, 2.24) is 0 Å². The smallest absolute Gasteiger partial charge is 0.201 e. The second kappa shape index (κ2) is 1.98. The first kappa shape index (κ1) is 7.96. The Kier molecular flexibility index (Phi) is 1.31. The average Bonchev–Trinajstić information content (AvgIpc) is 2.66. The van der Waals surface area contributed by atoms with Gasteiger partial charge in [0.25, 0.3) is 5.92 Å². The van der Waals surface area contributed by atoms with Crippen LogP contribution < -0.4 is 0 Å². The first-order valence-corrected chi connectivity index (χ1v) is 4.40. The molecule has 0 fully saturated rings. The molecule has 0 radical (unpaired) electrons. The van der Waals surface area contributed by atoms with Crippen molar-refractivity contribution in [2.75, 3.05) is 0 Å². The second-order valence-electron chi connectivity index (χ2n) is 3.57. The summed E-state index contributed by atoms with van der Waals surface area (Å²) in [6.45, 7) is 3.68. The van der Waals surface area contributed by atoms with E-state index in [1.807, 2.05) is 19.9 Å². The highest BCUT2D eigenvalue weighted by Gasteiger charge is 2.60. The molecule has 0 amide bonds. The first-order valence-electron chi connectivity index (χ1n) is 4.40. The molecule has 0 atom stereocenters. The molecular weight excluding hydrogens is 158 g/mol. The molecule has 2 rings (SSSR count). The van der Waals surface area contributed by atoms with Crippen LogP contribution >= 0.6 is 0 Å². The number of hydrogen-bond donors (Lipinski definition) is 0. The fraction of sp³-hybridized carbons (Fsp3) is 0.600. The van der Waals surface area contributed by atoms with Crippen LogP contribution in [0.2, 0.25) is 0 Å². The maximum absolute atomic E-state index is 13.4. The number of alkyl halides is 2. The van der Waals surface area contributed by atoms with Crippen LogP contribution in [0.4, 0.5) is 8.78 Å². The molecule has 66 valence electrons. The quantitative estimate of drug-likeness (QED) is 0.596. The third-order valence-electron chi connectivity index (χ3n) is 3.23. The molecule has 0 nitrogen and oxygen atoms in total. The summed E-state index contributed by atoms with van der Waals surface area (Å²) in [4.78, 5) is 0. The summed E-state index contributed by atoms with van der Waals surface area (Å²) in [5.74, 6) is -2.60. The lowest BCUT2D eigenvalue weighted by molar-refractivity contribution is -0.0534. The van der Waals surface area contributed by atoms with E-state index in [1.165, 1.54) is 0 Å². The highest BCUT2D eigenvalue weighted by molar-refractivity contribution is 5.67. The fourth-order valence-electron chi connectivity index (χ4n) is 2.27. The molecule has 2 aliphatic rings. The summed E-state index contributed by atoms with van der Waals surface area (Å²) >= 11 is 0. The van der Waals surface area contributed by atoms with E-state index in [9.17, 15) is 8.78 Å². The molecule has 0 spiro atoms. The Balaban J connectivity index is 2.41. The van der Waals surface area contributed by atoms with Crippen LogP contribution in [0.3, 0.4) is 0 Å². The van der Waals surface area contributed by atoms with Crippen molar-refractivity contribution < 1.29 is 8.78 Å². The van der Waals surface area contributed by atoms with Crippen LogP contribution in [-0.4, -0.2) is 5.92 Å². The Labute approximate surface area is 71.0 Å². The Morgan fingerprint density at radius 1 is 1.25 bits per heavy atom. The van der Waals surface area contributed by atoms with E-state index in [0.29, 0.717) is 12.8 Å². The van der Waals surface area contributed by atoms with Gasteiger partial charge in [-0.15, -0.1) is 0 Å². The van der Waals surface area contributed by atoms with E-state index in [-0.39, 0.29) is 0 Å². The maximum Gasteiger partial charge on any atom is 0.276 e. The Morgan fingerprint density at radius 2 is 1.83 bits per heavy atom. The zero-order valence-electron chi connectivity index (χ0n) is 7.32. The first-order chi connectivity index (χ1) is 5.57. The number of fused-ring (bicyclic) bond motifs is 1. The standard InChI is InChI=1S/C10H12F2/c1-3-9(4-2)8-5-7(8)6-10(9,11)12/h5-6H,3-4H2,1-2H3. The SMILES string of the molecule is CCC1(CC)C2=CC2=CC1(F)F. The van der Waals surface area contributed by atoms with E-state index >= 15 is 0 Å². The van der Waals surface area contributed by atoms with E-state index in [4.69, 9.17) is 0 Å².